The summed E-state index contributed by atoms with van der Waals surface area (Å²) in [6.07, 6.45) is 38.2. The number of nitriles is 1. The van der Waals surface area contributed by atoms with E-state index in [1.807, 2.05) is 13.0 Å². The van der Waals surface area contributed by atoms with Crippen molar-refractivity contribution in [1.82, 2.24) is 0 Å². The van der Waals surface area contributed by atoms with Gasteiger partial charge in [-0.25, -0.2) is 9.64 Å². The fraction of sp³-hybridized carbons (Fsp3) is 0.717. The fourth-order valence-electron chi connectivity index (χ4n) is 8.07. The smallest absolute Gasteiger partial charge is 0.350 e. The predicted molar refractivity (Wildman–Crippen MR) is 273 cm³/mol. The van der Waals surface area contributed by atoms with Gasteiger partial charge in [0.15, 0.2) is 22.8 Å². The summed E-state index contributed by atoms with van der Waals surface area (Å²) in [6.45, 7) is 16.1. The van der Waals surface area contributed by atoms with Gasteiger partial charge in [0.2, 0.25) is 0 Å². The molecule has 0 aliphatic carbocycles. The van der Waals surface area contributed by atoms with Gasteiger partial charge < -0.3 is 14.2 Å². The molecule has 0 spiro atoms. The van der Waals surface area contributed by atoms with Gasteiger partial charge >= 0.3 is 17.9 Å². The summed E-state index contributed by atoms with van der Waals surface area (Å²) in [5.74, 6) is -0.809. The molecule has 1 aromatic rings. The first-order valence-corrected chi connectivity index (χ1v) is 28.9. The standard InChI is InChI=1S/C53H80N2O6S4/c1-6-10-12-14-16-18-20-22-24-26-28-30-32-34-36-38-43(56)60-45-47-48(63-52(62-47)41(40-54)51(58)59-9-4)46(50-49(45)64-53(65-50)42(8-3)55-5)61-44(57)39-37-35-33-31-29-27-25-23-21-19-17-15-13-11-7-2/h6-39H2,1-4H3. The lowest BCUT2D eigenvalue weighted by molar-refractivity contribution is -0.138. The quantitative estimate of drug-likeness (QED) is 0.0159. The van der Waals surface area contributed by atoms with Gasteiger partial charge in [0.25, 0.3) is 0 Å². The van der Waals surface area contributed by atoms with Gasteiger partial charge in [0.1, 0.15) is 6.07 Å². The van der Waals surface area contributed by atoms with Crippen molar-refractivity contribution in [1.29, 1.82) is 5.26 Å². The second kappa shape index (κ2) is 35.6. The molecule has 2 heterocycles. The van der Waals surface area contributed by atoms with Crippen LogP contribution in [-0.2, 0) is 19.1 Å². The van der Waals surface area contributed by atoms with Crippen LogP contribution >= 0.6 is 47.0 Å². The van der Waals surface area contributed by atoms with Crippen LogP contribution in [0.1, 0.15) is 240 Å². The number of benzene rings is 1. The zero-order valence-corrected chi connectivity index (χ0v) is 43.8. The Hall–Kier alpha value is -2.51. The fourth-order valence-corrected chi connectivity index (χ4v) is 13.5. The van der Waals surface area contributed by atoms with Crippen LogP contribution in [-0.4, -0.2) is 24.5 Å². The van der Waals surface area contributed by atoms with Gasteiger partial charge in [-0.1, -0.05) is 248 Å². The summed E-state index contributed by atoms with van der Waals surface area (Å²) in [4.78, 5) is 46.2. The molecule has 0 aromatic heterocycles. The zero-order valence-electron chi connectivity index (χ0n) is 40.5. The molecule has 0 radical (unpaired) electrons. The number of hydrogen-bond donors (Lipinski definition) is 0. The lowest BCUT2D eigenvalue weighted by atomic mass is 10.0. The summed E-state index contributed by atoms with van der Waals surface area (Å²) in [5.41, 5.74) is 0.432. The van der Waals surface area contributed by atoms with Crippen molar-refractivity contribution in [2.45, 2.75) is 259 Å². The molecular weight excluding hydrogens is 889 g/mol. The number of carbonyl (C=O) groups is 3. The number of hydrogen-bond acceptors (Lipinski definition) is 11. The Morgan fingerprint density at radius 2 is 0.800 bits per heavy atom. The minimum Gasteiger partial charge on any atom is -0.462 e. The SMILES string of the molecule is [C-]#[N+]C(CC)=C1Sc2c(OC(=O)CCCCCCCCCCCCCCCCC)c3c(c(OC(=O)CCCCCCCCCCCCCCCCC)c2S1)SC(=C(C#N)C(=O)OCC)S3. The molecule has 12 heteroatoms. The number of esters is 3. The molecule has 2 aliphatic rings. The molecule has 0 saturated carbocycles. The van der Waals surface area contributed by atoms with Crippen LogP contribution in [0, 0.1) is 17.9 Å². The van der Waals surface area contributed by atoms with Gasteiger partial charge in [-0.05, 0) is 26.2 Å². The van der Waals surface area contributed by atoms with Gasteiger partial charge in [-0.3, -0.25) is 9.59 Å². The Morgan fingerprint density at radius 3 is 1.08 bits per heavy atom. The molecule has 362 valence electrons. The zero-order chi connectivity index (χ0) is 46.9. The van der Waals surface area contributed by atoms with Crippen LogP contribution in [0.5, 0.6) is 11.5 Å². The van der Waals surface area contributed by atoms with Gasteiger partial charge in [-0.15, -0.1) is 0 Å². The monoisotopic (exact) mass is 968 g/mol. The summed E-state index contributed by atoms with van der Waals surface area (Å²) in [7, 11) is 0. The normalized spacial score (nSPS) is 12.7. The molecular formula is C53H80N2O6S4. The lowest BCUT2D eigenvalue weighted by Crippen LogP contribution is -2.12. The number of carbonyl (C=O) groups excluding carboxylic acids is 3. The molecule has 0 amide bonds. The van der Waals surface area contributed by atoms with E-state index in [9.17, 15) is 19.6 Å². The van der Waals surface area contributed by atoms with E-state index in [1.54, 1.807) is 6.92 Å². The Morgan fingerprint density at radius 1 is 0.492 bits per heavy atom. The topological polar surface area (TPSA) is 107 Å². The summed E-state index contributed by atoms with van der Waals surface area (Å²) < 4.78 is 18.8. The number of unbranched alkanes of at least 4 members (excludes halogenated alkanes) is 28. The van der Waals surface area contributed by atoms with Crippen molar-refractivity contribution in [3.63, 3.8) is 0 Å². The summed E-state index contributed by atoms with van der Waals surface area (Å²) >= 11 is 5.03. The molecule has 0 unspecified atom stereocenters. The van der Waals surface area contributed by atoms with Crippen molar-refractivity contribution in [3.05, 3.63) is 31.2 Å². The molecule has 2 aliphatic heterocycles. The van der Waals surface area contributed by atoms with Crippen LogP contribution in [0.4, 0.5) is 0 Å². The van der Waals surface area contributed by atoms with Gasteiger partial charge in [0.05, 0.1) is 41.2 Å². The van der Waals surface area contributed by atoms with E-state index < -0.39 is 5.97 Å². The van der Waals surface area contributed by atoms with Crippen LogP contribution in [0.15, 0.2) is 39.3 Å². The summed E-state index contributed by atoms with van der Waals surface area (Å²) in [5, 5.41) is 10.1. The third-order valence-electron chi connectivity index (χ3n) is 11.9. The molecule has 0 N–H and O–H groups in total. The molecule has 1 aromatic carbocycles. The number of ether oxygens (including phenoxy) is 3. The lowest BCUT2D eigenvalue weighted by Gasteiger charge is -2.16. The second-order valence-electron chi connectivity index (χ2n) is 17.4. The molecule has 65 heavy (non-hydrogen) atoms. The Bertz CT molecular complexity index is 1670. The third kappa shape index (κ3) is 21.5. The van der Waals surface area contributed by atoms with Crippen molar-refractivity contribution in [2.75, 3.05) is 6.61 Å². The highest BCUT2D eigenvalue weighted by Gasteiger charge is 2.40. The van der Waals surface area contributed by atoms with Crippen LogP contribution in [0.2, 0.25) is 0 Å². The Labute approximate surface area is 411 Å². The number of fused-ring (bicyclic) bond motifs is 2. The average molecular weight is 969 g/mol. The minimum absolute atomic E-state index is 0.113. The maximum atomic E-state index is 13.6. The maximum Gasteiger partial charge on any atom is 0.350 e. The molecule has 0 fully saturated rings. The van der Waals surface area contributed by atoms with Crippen molar-refractivity contribution < 1.29 is 28.6 Å². The number of thioether (sulfide) groups is 4. The van der Waals surface area contributed by atoms with Crippen molar-refractivity contribution in [2.24, 2.45) is 0 Å². The van der Waals surface area contributed by atoms with Crippen molar-refractivity contribution >= 4 is 65.0 Å². The van der Waals surface area contributed by atoms with E-state index in [-0.39, 0.29) is 37.0 Å². The Balaban J connectivity index is 1.63. The van der Waals surface area contributed by atoms with E-state index in [1.165, 1.54) is 178 Å². The van der Waals surface area contributed by atoms with E-state index in [0.29, 0.717) is 47.4 Å². The molecule has 0 saturated heterocycles. The maximum absolute atomic E-state index is 13.6. The highest BCUT2D eigenvalue weighted by atomic mass is 32.2. The minimum atomic E-state index is -0.734. The molecule has 0 bridgehead atoms. The highest BCUT2D eigenvalue weighted by Crippen LogP contribution is 2.68. The first-order chi connectivity index (χ1) is 31.8. The average Bonchev–Trinajstić information content (AvgIpc) is 3.94. The van der Waals surface area contributed by atoms with Crippen molar-refractivity contribution in [3.8, 4) is 17.6 Å². The Kier molecular flexibility index (Phi) is 31.1. The largest absolute Gasteiger partial charge is 0.462 e. The first-order valence-electron chi connectivity index (χ1n) is 25.6. The number of allylic oxidation sites excluding steroid dienone is 1. The molecule has 3 rings (SSSR count). The van der Waals surface area contributed by atoms with E-state index >= 15 is 0 Å². The van der Waals surface area contributed by atoms with Gasteiger partial charge in [0, 0.05) is 12.8 Å². The molecule has 8 nitrogen and oxygen atoms in total. The van der Waals surface area contributed by atoms with Crippen LogP contribution in [0.25, 0.3) is 4.85 Å². The van der Waals surface area contributed by atoms with Crippen LogP contribution in [0.3, 0.4) is 0 Å². The predicted octanol–water partition coefficient (Wildman–Crippen LogP) is 18.2. The first kappa shape index (κ1) is 56.8. The highest BCUT2D eigenvalue weighted by molar-refractivity contribution is 8.26. The second-order valence-corrected chi connectivity index (χ2v) is 22.0. The van der Waals surface area contributed by atoms with Gasteiger partial charge in [-0.2, -0.15) is 5.26 Å². The van der Waals surface area contributed by atoms with E-state index in [2.05, 4.69) is 18.7 Å². The number of rotatable bonds is 37. The third-order valence-corrected chi connectivity index (χ3v) is 17.2. The molecule has 0 atom stereocenters. The summed E-state index contributed by atoms with van der Waals surface area (Å²) in [6, 6.07) is 2.02. The number of nitrogens with zero attached hydrogens (tertiary/aromatic N) is 2. The van der Waals surface area contributed by atoms with E-state index in [0.717, 1.165) is 66.3 Å². The van der Waals surface area contributed by atoms with E-state index in [4.69, 9.17) is 20.8 Å². The van der Waals surface area contributed by atoms with Crippen LogP contribution < -0.4 is 9.47 Å².